The van der Waals surface area contributed by atoms with E-state index in [0.29, 0.717) is 18.8 Å². The van der Waals surface area contributed by atoms with Gasteiger partial charge in [0.1, 0.15) is 6.54 Å². The molecule has 0 radical (unpaired) electrons. The number of pyridine rings is 1. The number of sulfonamides is 1. The molecule has 3 rings (SSSR count). The standard InChI is InChI=1S/C19H23N3O4S/c1-15-7-3-4-8-17(15)20-18(23)14-21-13-16(9-10-19(21)24)27(25,26)22-11-5-2-6-12-22/h3-4,7-10,13H,2,5-6,11-12,14H2,1H3,(H,20,23). The molecule has 8 heteroatoms. The molecule has 1 saturated heterocycles. The van der Waals surface area contributed by atoms with Crippen LogP contribution < -0.4 is 10.9 Å². The Morgan fingerprint density at radius 2 is 1.78 bits per heavy atom. The zero-order valence-electron chi connectivity index (χ0n) is 15.2. The highest BCUT2D eigenvalue weighted by Crippen LogP contribution is 2.19. The van der Waals surface area contributed by atoms with Gasteiger partial charge in [-0.2, -0.15) is 4.31 Å². The molecule has 1 amide bonds. The number of para-hydroxylation sites is 1. The van der Waals surface area contributed by atoms with Crippen LogP contribution in [0, 0.1) is 6.92 Å². The van der Waals surface area contributed by atoms with Crippen molar-refractivity contribution in [2.75, 3.05) is 18.4 Å². The molecule has 0 spiro atoms. The van der Waals surface area contributed by atoms with Crippen LogP contribution >= 0.6 is 0 Å². The van der Waals surface area contributed by atoms with Crippen LogP contribution in [0.25, 0.3) is 0 Å². The summed E-state index contributed by atoms with van der Waals surface area (Å²) in [4.78, 5) is 24.5. The number of nitrogens with zero attached hydrogens (tertiary/aromatic N) is 2. The smallest absolute Gasteiger partial charge is 0.251 e. The lowest BCUT2D eigenvalue weighted by Crippen LogP contribution is -2.36. The predicted octanol–water partition coefficient (Wildman–Crippen LogP) is 1.97. The fraction of sp³-hybridized carbons (Fsp3) is 0.368. The van der Waals surface area contributed by atoms with Gasteiger partial charge in [-0.3, -0.25) is 9.59 Å². The van der Waals surface area contributed by atoms with E-state index in [1.165, 1.54) is 22.6 Å². The molecule has 1 fully saturated rings. The average molecular weight is 389 g/mol. The number of rotatable bonds is 5. The van der Waals surface area contributed by atoms with Crippen molar-refractivity contribution in [2.45, 2.75) is 37.6 Å². The van der Waals surface area contributed by atoms with Crippen molar-refractivity contribution in [1.82, 2.24) is 8.87 Å². The summed E-state index contributed by atoms with van der Waals surface area (Å²) in [6.07, 6.45) is 3.93. The van der Waals surface area contributed by atoms with Crippen LogP contribution in [0.4, 0.5) is 5.69 Å². The molecule has 1 aromatic carbocycles. The maximum atomic E-state index is 12.8. The fourth-order valence-corrected chi connectivity index (χ4v) is 4.63. The van der Waals surface area contributed by atoms with Crippen LogP contribution in [0.15, 0.2) is 52.3 Å². The van der Waals surface area contributed by atoms with E-state index in [1.807, 2.05) is 19.1 Å². The molecule has 1 aromatic heterocycles. The zero-order chi connectivity index (χ0) is 19.4. The first-order valence-electron chi connectivity index (χ1n) is 8.94. The van der Waals surface area contributed by atoms with E-state index < -0.39 is 15.6 Å². The Balaban J connectivity index is 1.80. The molecule has 2 aromatic rings. The van der Waals surface area contributed by atoms with Crippen molar-refractivity contribution < 1.29 is 13.2 Å². The third kappa shape index (κ3) is 4.45. The van der Waals surface area contributed by atoms with E-state index in [9.17, 15) is 18.0 Å². The van der Waals surface area contributed by atoms with Gasteiger partial charge in [0.25, 0.3) is 5.56 Å². The second-order valence-electron chi connectivity index (χ2n) is 6.66. The number of benzene rings is 1. The normalized spacial score (nSPS) is 15.4. The third-order valence-corrected chi connectivity index (χ3v) is 6.52. The highest BCUT2D eigenvalue weighted by molar-refractivity contribution is 7.89. The maximum Gasteiger partial charge on any atom is 0.251 e. The largest absolute Gasteiger partial charge is 0.324 e. The van der Waals surface area contributed by atoms with E-state index in [2.05, 4.69) is 5.32 Å². The SMILES string of the molecule is Cc1ccccc1NC(=O)Cn1cc(S(=O)(=O)N2CCCCC2)ccc1=O. The van der Waals surface area contributed by atoms with Gasteiger partial charge in [-0.05, 0) is 37.5 Å². The molecule has 27 heavy (non-hydrogen) atoms. The molecule has 1 aliphatic heterocycles. The lowest BCUT2D eigenvalue weighted by Gasteiger charge is -2.26. The molecular weight excluding hydrogens is 366 g/mol. The Labute approximate surface area is 158 Å². The summed E-state index contributed by atoms with van der Waals surface area (Å²) in [5.41, 5.74) is 1.14. The Bertz CT molecular complexity index is 992. The average Bonchev–Trinajstić information content (AvgIpc) is 2.66. The lowest BCUT2D eigenvalue weighted by atomic mass is 10.2. The van der Waals surface area contributed by atoms with Gasteiger partial charge in [-0.1, -0.05) is 24.6 Å². The number of piperidine rings is 1. The van der Waals surface area contributed by atoms with Crippen LogP contribution in [-0.2, 0) is 21.4 Å². The van der Waals surface area contributed by atoms with Gasteiger partial charge in [0.05, 0.1) is 4.90 Å². The van der Waals surface area contributed by atoms with E-state index in [0.717, 1.165) is 29.4 Å². The Morgan fingerprint density at radius 3 is 2.48 bits per heavy atom. The minimum atomic E-state index is -3.66. The van der Waals surface area contributed by atoms with Gasteiger partial charge < -0.3 is 9.88 Å². The number of aromatic nitrogens is 1. The first kappa shape index (κ1) is 19.3. The van der Waals surface area contributed by atoms with Crippen molar-refractivity contribution in [1.29, 1.82) is 0 Å². The van der Waals surface area contributed by atoms with Crippen molar-refractivity contribution in [3.8, 4) is 0 Å². The molecule has 0 bridgehead atoms. The topological polar surface area (TPSA) is 88.5 Å². The van der Waals surface area contributed by atoms with Crippen LogP contribution in [0.1, 0.15) is 24.8 Å². The molecule has 1 N–H and O–H groups in total. The van der Waals surface area contributed by atoms with Gasteiger partial charge in [0, 0.05) is 31.0 Å². The summed E-state index contributed by atoms with van der Waals surface area (Å²) in [7, 11) is -3.66. The zero-order valence-corrected chi connectivity index (χ0v) is 16.0. The lowest BCUT2D eigenvalue weighted by molar-refractivity contribution is -0.116. The molecular formula is C19H23N3O4S. The van der Waals surface area contributed by atoms with Gasteiger partial charge in [-0.25, -0.2) is 8.42 Å². The summed E-state index contributed by atoms with van der Waals surface area (Å²) in [5, 5.41) is 2.75. The number of aryl methyl sites for hydroxylation is 1. The van der Waals surface area contributed by atoms with Gasteiger partial charge >= 0.3 is 0 Å². The Hall–Kier alpha value is -2.45. The molecule has 1 aliphatic rings. The quantitative estimate of drug-likeness (QED) is 0.847. The Morgan fingerprint density at radius 1 is 1.07 bits per heavy atom. The molecule has 0 saturated carbocycles. The molecule has 0 atom stereocenters. The molecule has 0 unspecified atom stereocenters. The van der Waals surface area contributed by atoms with Crippen LogP contribution in [0.5, 0.6) is 0 Å². The number of carbonyl (C=O) groups excluding carboxylic acids is 1. The van der Waals surface area contributed by atoms with Crippen LogP contribution in [0.3, 0.4) is 0 Å². The van der Waals surface area contributed by atoms with E-state index in [4.69, 9.17) is 0 Å². The number of hydrogen-bond donors (Lipinski definition) is 1. The first-order chi connectivity index (χ1) is 12.9. The van der Waals surface area contributed by atoms with Gasteiger partial charge in [0.2, 0.25) is 15.9 Å². The van der Waals surface area contributed by atoms with Gasteiger partial charge in [-0.15, -0.1) is 0 Å². The molecule has 144 valence electrons. The van der Waals surface area contributed by atoms with Crippen molar-refractivity contribution >= 4 is 21.6 Å². The second-order valence-corrected chi connectivity index (χ2v) is 8.60. The molecule has 0 aliphatic carbocycles. The monoisotopic (exact) mass is 389 g/mol. The maximum absolute atomic E-state index is 12.8. The van der Waals surface area contributed by atoms with Crippen molar-refractivity contribution in [3.63, 3.8) is 0 Å². The van der Waals surface area contributed by atoms with Crippen LogP contribution in [0.2, 0.25) is 0 Å². The molecule has 7 nitrogen and oxygen atoms in total. The number of nitrogens with one attached hydrogen (secondary N) is 1. The number of hydrogen-bond acceptors (Lipinski definition) is 4. The number of carbonyl (C=O) groups is 1. The summed E-state index contributed by atoms with van der Waals surface area (Å²) >= 11 is 0. The second kappa shape index (κ2) is 8.06. The minimum absolute atomic E-state index is 0.0349. The summed E-state index contributed by atoms with van der Waals surface area (Å²) in [6, 6.07) is 9.81. The van der Waals surface area contributed by atoms with E-state index >= 15 is 0 Å². The number of amides is 1. The summed E-state index contributed by atoms with van der Waals surface area (Å²) in [6.45, 7) is 2.58. The Kier molecular flexibility index (Phi) is 5.76. The summed E-state index contributed by atoms with van der Waals surface area (Å²) < 4.78 is 28.1. The molecule has 2 heterocycles. The van der Waals surface area contributed by atoms with Crippen molar-refractivity contribution in [2.24, 2.45) is 0 Å². The first-order valence-corrected chi connectivity index (χ1v) is 10.4. The minimum Gasteiger partial charge on any atom is -0.324 e. The predicted molar refractivity (Wildman–Crippen MR) is 103 cm³/mol. The third-order valence-electron chi connectivity index (χ3n) is 4.64. The fourth-order valence-electron chi connectivity index (χ4n) is 3.10. The van der Waals surface area contributed by atoms with E-state index in [1.54, 1.807) is 12.1 Å². The highest BCUT2D eigenvalue weighted by Gasteiger charge is 2.26. The van der Waals surface area contributed by atoms with E-state index in [-0.39, 0.29) is 17.3 Å². The highest BCUT2D eigenvalue weighted by atomic mass is 32.2. The number of anilines is 1. The van der Waals surface area contributed by atoms with Crippen molar-refractivity contribution in [3.05, 3.63) is 58.5 Å². The summed E-state index contributed by atoms with van der Waals surface area (Å²) in [5.74, 6) is -0.390. The van der Waals surface area contributed by atoms with Gasteiger partial charge in [0.15, 0.2) is 0 Å². The van der Waals surface area contributed by atoms with Crippen LogP contribution in [-0.4, -0.2) is 36.3 Å².